The summed E-state index contributed by atoms with van der Waals surface area (Å²) in [6, 6.07) is 5.83. The Balaban J connectivity index is 2.19. The summed E-state index contributed by atoms with van der Waals surface area (Å²) in [7, 11) is 1.02. The Hall–Kier alpha value is -2.97. The minimum absolute atomic E-state index is 0.127. The van der Waals surface area contributed by atoms with Crippen LogP contribution in [0, 0.1) is 11.6 Å². The number of hydrogen-bond acceptors (Lipinski definition) is 3. The van der Waals surface area contributed by atoms with Crippen LogP contribution < -0.4 is 5.32 Å². The van der Waals surface area contributed by atoms with Gasteiger partial charge in [-0.05, 0) is 23.3 Å². The lowest BCUT2D eigenvalue weighted by atomic mass is 9.99. The minimum Gasteiger partial charge on any atom is -0.467 e. The van der Waals surface area contributed by atoms with Crippen LogP contribution in [0.1, 0.15) is 16.7 Å². The number of rotatable bonds is 6. The molecule has 0 radical (unpaired) electrons. The fraction of sp³-hybridized carbons (Fsp3) is 0.263. The fourth-order valence-electron chi connectivity index (χ4n) is 2.61. The fourth-order valence-corrected chi connectivity index (χ4v) is 2.61. The predicted octanol–water partition coefficient (Wildman–Crippen LogP) is 3.43. The van der Waals surface area contributed by atoms with Crippen LogP contribution in [0.3, 0.4) is 0 Å². The highest BCUT2D eigenvalue weighted by atomic mass is 19.4. The van der Waals surface area contributed by atoms with Gasteiger partial charge in [0.15, 0.2) is 0 Å². The molecule has 4 nitrogen and oxygen atoms in total. The lowest BCUT2D eigenvalue weighted by Gasteiger charge is -2.19. The summed E-state index contributed by atoms with van der Waals surface area (Å²) >= 11 is 0. The van der Waals surface area contributed by atoms with Crippen molar-refractivity contribution in [2.45, 2.75) is 25.1 Å². The van der Waals surface area contributed by atoms with E-state index in [1.54, 1.807) is 0 Å². The van der Waals surface area contributed by atoms with Crippen LogP contribution >= 0.6 is 0 Å². The van der Waals surface area contributed by atoms with Crippen molar-refractivity contribution in [3.05, 3.63) is 70.8 Å². The third-order valence-electron chi connectivity index (χ3n) is 3.93. The second-order valence-electron chi connectivity index (χ2n) is 5.91. The van der Waals surface area contributed by atoms with E-state index < -0.39 is 54.1 Å². The molecular formula is C19H16F5NO3. The number of halogens is 5. The second kappa shape index (κ2) is 8.81. The van der Waals surface area contributed by atoms with Crippen molar-refractivity contribution in [3.63, 3.8) is 0 Å². The monoisotopic (exact) mass is 401 g/mol. The summed E-state index contributed by atoms with van der Waals surface area (Å²) in [4.78, 5) is 24.1. The van der Waals surface area contributed by atoms with Crippen LogP contribution in [0.2, 0.25) is 0 Å². The number of benzene rings is 2. The highest BCUT2D eigenvalue weighted by Gasteiger charge is 2.34. The van der Waals surface area contributed by atoms with Crippen molar-refractivity contribution in [1.29, 1.82) is 0 Å². The van der Waals surface area contributed by atoms with Gasteiger partial charge in [-0.15, -0.1) is 0 Å². The molecule has 150 valence electrons. The van der Waals surface area contributed by atoms with E-state index >= 15 is 0 Å². The Morgan fingerprint density at radius 2 is 1.75 bits per heavy atom. The summed E-state index contributed by atoms with van der Waals surface area (Å²) in [5.74, 6) is -3.56. The van der Waals surface area contributed by atoms with Crippen LogP contribution in [-0.4, -0.2) is 25.0 Å². The predicted molar refractivity (Wildman–Crippen MR) is 89.2 cm³/mol. The van der Waals surface area contributed by atoms with Gasteiger partial charge in [0.05, 0.1) is 19.1 Å². The van der Waals surface area contributed by atoms with E-state index in [4.69, 9.17) is 0 Å². The maximum absolute atomic E-state index is 13.7. The molecule has 0 aliphatic carbocycles. The Morgan fingerprint density at radius 3 is 2.36 bits per heavy atom. The Bertz CT molecular complexity index is 867. The van der Waals surface area contributed by atoms with Crippen LogP contribution in [0.4, 0.5) is 22.0 Å². The van der Waals surface area contributed by atoms with Gasteiger partial charge in [0.25, 0.3) is 0 Å². The van der Waals surface area contributed by atoms with E-state index in [2.05, 4.69) is 10.1 Å². The van der Waals surface area contributed by atoms with Gasteiger partial charge in [-0.1, -0.05) is 24.3 Å². The van der Waals surface area contributed by atoms with Crippen LogP contribution in [0.15, 0.2) is 42.5 Å². The Labute approximate surface area is 157 Å². The van der Waals surface area contributed by atoms with E-state index in [0.717, 1.165) is 25.3 Å². The number of alkyl halides is 3. The average Bonchev–Trinajstić information content (AvgIpc) is 2.62. The van der Waals surface area contributed by atoms with Crippen LogP contribution in [-0.2, 0) is 33.3 Å². The second-order valence-corrected chi connectivity index (χ2v) is 5.91. The molecule has 0 heterocycles. The van der Waals surface area contributed by atoms with E-state index in [1.165, 1.54) is 18.2 Å². The molecular weight excluding hydrogens is 385 g/mol. The molecule has 0 unspecified atom stereocenters. The molecule has 0 spiro atoms. The lowest BCUT2D eigenvalue weighted by molar-refractivity contribution is -0.145. The number of nitrogens with one attached hydrogen (secondary N) is 1. The number of carbonyl (C=O) groups is 2. The average molecular weight is 401 g/mol. The highest BCUT2D eigenvalue weighted by molar-refractivity contribution is 5.85. The molecule has 0 aliphatic rings. The molecule has 0 aliphatic heterocycles. The molecule has 28 heavy (non-hydrogen) atoms. The van der Waals surface area contributed by atoms with Gasteiger partial charge < -0.3 is 10.1 Å². The zero-order chi connectivity index (χ0) is 20.9. The smallest absolute Gasteiger partial charge is 0.416 e. The number of hydrogen-bond donors (Lipinski definition) is 1. The summed E-state index contributed by atoms with van der Waals surface area (Å²) in [5, 5.41) is 2.24. The van der Waals surface area contributed by atoms with Gasteiger partial charge in [-0.3, -0.25) is 4.79 Å². The first-order chi connectivity index (χ1) is 13.1. The first-order valence-corrected chi connectivity index (χ1v) is 8.08. The molecule has 2 aromatic carbocycles. The molecule has 0 bridgehead atoms. The first kappa shape index (κ1) is 21.3. The first-order valence-electron chi connectivity index (χ1n) is 8.08. The number of ether oxygens (including phenoxy) is 1. The Kier molecular flexibility index (Phi) is 6.71. The molecule has 0 saturated carbocycles. The zero-order valence-electron chi connectivity index (χ0n) is 14.6. The maximum atomic E-state index is 13.7. The minimum atomic E-state index is -4.64. The summed E-state index contributed by atoms with van der Waals surface area (Å²) in [5.41, 5.74) is -1.28. The van der Waals surface area contributed by atoms with Crippen molar-refractivity contribution in [3.8, 4) is 0 Å². The number of amides is 1. The van der Waals surface area contributed by atoms with Gasteiger partial charge in [0.1, 0.15) is 17.7 Å². The van der Waals surface area contributed by atoms with E-state index in [1.807, 2.05) is 0 Å². The van der Waals surface area contributed by atoms with Gasteiger partial charge in [-0.2, -0.15) is 13.2 Å². The Morgan fingerprint density at radius 1 is 1.07 bits per heavy atom. The molecule has 9 heteroatoms. The molecule has 1 amide bonds. The van der Waals surface area contributed by atoms with Crippen LogP contribution in [0.5, 0.6) is 0 Å². The molecule has 0 aromatic heterocycles. The molecule has 1 N–H and O–H groups in total. The van der Waals surface area contributed by atoms with Crippen molar-refractivity contribution < 1.29 is 36.3 Å². The normalized spacial score (nSPS) is 12.4. The number of esters is 1. The molecule has 2 rings (SSSR count). The van der Waals surface area contributed by atoms with Gasteiger partial charge in [0.2, 0.25) is 5.91 Å². The SMILES string of the molecule is COC(=O)[C@H](Cc1ccccc1C(F)(F)F)NC(=O)Cc1ccc(F)cc1F. The van der Waals surface area contributed by atoms with E-state index in [0.29, 0.717) is 6.07 Å². The van der Waals surface area contributed by atoms with E-state index in [9.17, 15) is 31.5 Å². The maximum Gasteiger partial charge on any atom is 0.416 e. The molecule has 1 atom stereocenters. The third kappa shape index (κ3) is 5.51. The van der Waals surface area contributed by atoms with E-state index in [-0.39, 0.29) is 11.1 Å². The summed E-state index contributed by atoms with van der Waals surface area (Å²) < 4.78 is 70.5. The molecule has 0 saturated heterocycles. The number of carbonyl (C=O) groups excluding carboxylic acids is 2. The quantitative estimate of drug-likeness (QED) is 0.596. The summed E-state index contributed by atoms with van der Waals surface area (Å²) in [6.07, 6.45) is -5.64. The van der Waals surface area contributed by atoms with Crippen molar-refractivity contribution in [1.82, 2.24) is 5.32 Å². The van der Waals surface area contributed by atoms with Crippen LogP contribution in [0.25, 0.3) is 0 Å². The van der Waals surface area contributed by atoms with Crippen molar-refractivity contribution in [2.24, 2.45) is 0 Å². The largest absolute Gasteiger partial charge is 0.467 e. The van der Waals surface area contributed by atoms with Gasteiger partial charge in [-0.25, -0.2) is 13.6 Å². The van der Waals surface area contributed by atoms with Gasteiger partial charge in [0, 0.05) is 12.5 Å². The highest BCUT2D eigenvalue weighted by Crippen LogP contribution is 2.32. The zero-order valence-corrected chi connectivity index (χ0v) is 14.6. The molecule has 0 fully saturated rings. The lowest BCUT2D eigenvalue weighted by Crippen LogP contribution is -2.44. The number of methoxy groups -OCH3 is 1. The van der Waals surface area contributed by atoms with Crippen molar-refractivity contribution >= 4 is 11.9 Å². The topological polar surface area (TPSA) is 55.4 Å². The third-order valence-corrected chi connectivity index (χ3v) is 3.93. The van der Waals surface area contributed by atoms with Gasteiger partial charge >= 0.3 is 12.1 Å². The van der Waals surface area contributed by atoms with Crippen molar-refractivity contribution in [2.75, 3.05) is 7.11 Å². The standard InChI is InChI=1S/C19H16F5NO3/c1-28-18(27)16(8-11-4-2-3-5-14(11)19(22,23)24)25-17(26)9-12-6-7-13(20)10-15(12)21/h2-7,10,16H,8-9H2,1H3,(H,25,26)/t16-/m0/s1. The molecule has 2 aromatic rings. The summed E-state index contributed by atoms with van der Waals surface area (Å²) in [6.45, 7) is 0.